The van der Waals surface area contributed by atoms with Crippen LogP contribution < -0.4 is 14.5 Å². The number of para-hydroxylation sites is 1. The molecule has 3 rings (SSSR count). The number of rotatable bonds is 7. The number of hydrogen-bond acceptors (Lipinski definition) is 5. The number of piperazine rings is 1. The molecule has 1 aliphatic rings. The van der Waals surface area contributed by atoms with Gasteiger partial charge in [-0.25, -0.2) is 8.42 Å². The summed E-state index contributed by atoms with van der Waals surface area (Å²) in [5.74, 6) is -0.340. The lowest BCUT2D eigenvalue weighted by atomic mass is 10.1. The average Bonchev–Trinajstić information content (AvgIpc) is 2.73. The zero-order valence-corrected chi connectivity index (χ0v) is 18.6. The van der Waals surface area contributed by atoms with E-state index in [2.05, 4.69) is 34.3 Å². The third-order valence-electron chi connectivity index (χ3n) is 5.37. The van der Waals surface area contributed by atoms with Gasteiger partial charge >= 0.3 is 0 Å². The van der Waals surface area contributed by atoms with Crippen molar-refractivity contribution in [1.82, 2.24) is 10.2 Å². The van der Waals surface area contributed by atoms with Gasteiger partial charge in [0.15, 0.2) is 0 Å². The highest BCUT2D eigenvalue weighted by Crippen LogP contribution is 2.21. The first-order valence-electron chi connectivity index (χ1n) is 10.1. The second kappa shape index (κ2) is 9.49. The second-order valence-electron chi connectivity index (χ2n) is 7.74. The van der Waals surface area contributed by atoms with E-state index >= 15 is 0 Å². The van der Waals surface area contributed by atoms with E-state index in [1.165, 1.54) is 5.69 Å². The number of anilines is 2. The molecule has 162 valence electrons. The number of nitrogens with one attached hydrogen (secondary N) is 1. The molecular formula is C22H30N4O3S. The highest BCUT2D eigenvalue weighted by atomic mass is 32.2. The minimum absolute atomic E-state index is 0.340. The van der Waals surface area contributed by atoms with Gasteiger partial charge in [0, 0.05) is 38.4 Å². The van der Waals surface area contributed by atoms with Crippen LogP contribution in [0, 0.1) is 0 Å². The van der Waals surface area contributed by atoms with Crippen LogP contribution in [0.5, 0.6) is 0 Å². The van der Waals surface area contributed by atoms with Crippen LogP contribution in [-0.2, 0) is 21.4 Å². The van der Waals surface area contributed by atoms with Crippen molar-refractivity contribution in [1.29, 1.82) is 0 Å². The molecule has 1 heterocycles. The Bertz CT molecular complexity index is 940. The van der Waals surface area contributed by atoms with E-state index in [4.69, 9.17) is 0 Å². The van der Waals surface area contributed by atoms with Gasteiger partial charge in [-0.05, 0) is 43.8 Å². The highest BCUT2D eigenvalue weighted by Gasteiger charge is 2.28. The van der Waals surface area contributed by atoms with Crippen LogP contribution in [0.2, 0.25) is 0 Å². The number of carbonyl (C=O) groups is 1. The van der Waals surface area contributed by atoms with Crippen molar-refractivity contribution < 1.29 is 13.2 Å². The van der Waals surface area contributed by atoms with Crippen molar-refractivity contribution in [2.45, 2.75) is 19.5 Å². The van der Waals surface area contributed by atoms with Gasteiger partial charge in [-0.1, -0.05) is 30.3 Å². The fraction of sp³-hybridized carbons (Fsp3) is 0.409. The van der Waals surface area contributed by atoms with Crippen molar-refractivity contribution in [2.75, 3.05) is 48.7 Å². The SMILES string of the molecule is CC(C(=O)NCc1ccc(N2CCN(C)CC2)cc1)N(c1ccccc1)S(C)(=O)=O. The van der Waals surface area contributed by atoms with Gasteiger partial charge in [-0.3, -0.25) is 9.10 Å². The first-order valence-corrected chi connectivity index (χ1v) is 11.9. The van der Waals surface area contributed by atoms with Crippen LogP contribution in [0.25, 0.3) is 0 Å². The van der Waals surface area contributed by atoms with E-state index < -0.39 is 16.1 Å². The lowest BCUT2D eigenvalue weighted by Gasteiger charge is -2.34. The predicted octanol–water partition coefficient (Wildman–Crippen LogP) is 1.91. The van der Waals surface area contributed by atoms with Gasteiger partial charge in [0.2, 0.25) is 15.9 Å². The Morgan fingerprint density at radius 3 is 2.20 bits per heavy atom. The smallest absolute Gasteiger partial charge is 0.243 e. The molecule has 0 saturated carbocycles. The number of nitrogens with zero attached hydrogens (tertiary/aromatic N) is 3. The third kappa shape index (κ3) is 5.52. The predicted molar refractivity (Wildman–Crippen MR) is 121 cm³/mol. The molecule has 1 saturated heterocycles. The molecule has 7 nitrogen and oxygen atoms in total. The summed E-state index contributed by atoms with van der Waals surface area (Å²) in [6, 6.07) is 16.0. The molecule has 0 bridgehead atoms. The van der Waals surface area contributed by atoms with Crippen molar-refractivity contribution >= 4 is 27.3 Å². The average molecular weight is 431 g/mol. The topological polar surface area (TPSA) is 73.0 Å². The monoisotopic (exact) mass is 430 g/mol. The Morgan fingerprint density at radius 2 is 1.63 bits per heavy atom. The molecule has 0 spiro atoms. The summed E-state index contributed by atoms with van der Waals surface area (Å²) in [5.41, 5.74) is 2.62. The number of carbonyl (C=O) groups excluding carboxylic acids is 1. The molecule has 1 fully saturated rings. The fourth-order valence-electron chi connectivity index (χ4n) is 3.61. The number of sulfonamides is 1. The normalized spacial score (nSPS) is 16.2. The lowest BCUT2D eigenvalue weighted by molar-refractivity contribution is -0.122. The molecule has 0 radical (unpaired) electrons. The summed E-state index contributed by atoms with van der Waals surface area (Å²) in [4.78, 5) is 17.4. The Labute approximate surface area is 179 Å². The maximum atomic E-state index is 12.7. The van der Waals surface area contributed by atoms with Crippen LogP contribution in [0.1, 0.15) is 12.5 Å². The summed E-state index contributed by atoms with van der Waals surface area (Å²) in [6.45, 7) is 6.05. The molecule has 2 aromatic rings. The lowest BCUT2D eigenvalue weighted by Crippen LogP contribution is -2.47. The van der Waals surface area contributed by atoms with E-state index in [-0.39, 0.29) is 5.91 Å². The quantitative estimate of drug-likeness (QED) is 0.727. The number of likely N-dealkylation sites (N-methyl/N-ethyl adjacent to an activating group) is 1. The van der Waals surface area contributed by atoms with Crippen molar-refractivity contribution in [3.8, 4) is 0 Å². The summed E-state index contributed by atoms with van der Waals surface area (Å²) >= 11 is 0. The van der Waals surface area contributed by atoms with Gasteiger partial charge in [-0.2, -0.15) is 0 Å². The van der Waals surface area contributed by atoms with Crippen LogP contribution in [0.3, 0.4) is 0 Å². The van der Waals surface area contributed by atoms with E-state index in [1.54, 1.807) is 37.3 Å². The van der Waals surface area contributed by atoms with Crippen LogP contribution >= 0.6 is 0 Å². The van der Waals surface area contributed by atoms with Gasteiger partial charge in [0.05, 0.1) is 11.9 Å². The van der Waals surface area contributed by atoms with Gasteiger partial charge < -0.3 is 15.1 Å². The minimum atomic E-state index is -3.60. The molecule has 1 amide bonds. The zero-order valence-electron chi connectivity index (χ0n) is 17.8. The molecule has 8 heteroatoms. The van der Waals surface area contributed by atoms with Crippen LogP contribution in [0.15, 0.2) is 54.6 Å². The van der Waals surface area contributed by atoms with E-state index in [1.807, 2.05) is 12.1 Å². The summed E-state index contributed by atoms with van der Waals surface area (Å²) in [7, 11) is -1.47. The summed E-state index contributed by atoms with van der Waals surface area (Å²) in [6.07, 6.45) is 1.11. The molecule has 1 N–H and O–H groups in total. The minimum Gasteiger partial charge on any atom is -0.369 e. The van der Waals surface area contributed by atoms with Crippen molar-refractivity contribution in [3.63, 3.8) is 0 Å². The van der Waals surface area contributed by atoms with Gasteiger partial charge in [0.1, 0.15) is 6.04 Å². The van der Waals surface area contributed by atoms with E-state index in [0.717, 1.165) is 42.3 Å². The van der Waals surface area contributed by atoms with E-state index in [0.29, 0.717) is 12.2 Å². The standard InChI is InChI=1S/C22H30N4O3S/c1-18(26(30(3,28)29)21-7-5-4-6-8-21)22(27)23-17-19-9-11-20(12-10-19)25-15-13-24(2)14-16-25/h4-12,18H,13-17H2,1-3H3,(H,23,27). The highest BCUT2D eigenvalue weighted by molar-refractivity contribution is 7.92. The fourth-order valence-corrected chi connectivity index (χ4v) is 4.78. The largest absolute Gasteiger partial charge is 0.369 e. The Hall–Kier alpha value is -2.58. The van der Waals surface area contributed by atoms with Crippen molar-refractivity contribution in [3.05, 3.63) is 60.2 Å². The molecule has 0 aliphatic carbocycles. The number of hydrogen-bond donors (Lipinski definition) is 1. The van der Waals surface area contributed by atoms with Crippen LogP contribution in [0.4, 0.5) is 11.4 Å². The van der Waals surface area contributed by atoms with Crippen molar-refractivity contribution in [2.24, 2.45) is 0 Å². The maximum absolute atomic E-state index is 12.7. The maximum Gasteiger partial charge on any atom is 0.243 e. The third-order valence-corrected chi connectivity index (χ3v) is 6.61. The van der Waals surface area contributed by atoms with Gasteiger partial charge in [0.25, 0.3) is 0 Å². The number of benzene rings is 2. The first-order chi connectivity index (χ1) is 14.3. The second-order valence-corrected chi connectivity index (χ2v) is 9.60. The molecule has 1 aliphatic heterocycles. The Morgan fingerprint density at radius 1 is 1.03 bits per heavy atom. The summed E-state index contributed by atoms with van der Waals surface area (Å²) < 4.78 is 25.7. The molecule has 30 heavy (non-hydrogen) atoms. The molecule has 1 atom stereocenters. The summed E-state index contributed by atoms with van der Waals surface area (Å²) in [5, 5.41) is 2.86. The molecular weight excluding hydrogens is 400 g/mol. The molecule has 1 unspecified atom stereocenters. The number of amides is 1. The Kier molecular flexibility index (Phi) is 6.99. The Balaban J connectivity index is 1.61. The zero-order chi connectivity index (χ0) is 21.7. The van der Waals surface area contributed by atoms with E-state index in [9.17, 15) is 13.2 Å². The van der Waals surface area contributed by atoms with Crippen LogP contribution in [-0.4, -0.2) is 64.7 Å². The molecule has 0 aromatic heterocycles. The first kappa shape index (κ1) is 22.1. The van der Waals surface area contributed by atoms with Gasteiger partial charge in [-0.15, -0.1) is 0 Å². The molecule has 2 aromatic carbocycles.